The van der Waals surface area contributed by atoms with E-state index in [0.717, 1.165) is 31.7 Å². The third kappa shape index (κ3) is 4.99. The third-order valence-electron chi connectivity index (χ3n) is 7.97. The van der Waals surface area contributed by atoms with E-state index in [9.17, 15) is 9.59 Å². The molecule has 1 saturated carbocycles. The molecule has 0 N–H and O–H groups in total. The second kappa shape index (κ2) is 10.6. The summed E-state index contributed by atoms with van der Waals surface area (Å²) in [4.78, 5) is 43.3. The van der Waals surface area contributed by atoms with Gasteiger partial charge in [-0.3, -0.25) is 4.79 Å². The first-order valence-electron chi connectivity index (χ1n) is 13.1. The van der Waals surface area contributed by atoms with Crippen molar-refractivity contribution in [3.8, 4) is 23.1 Å². The van der Waals surface area contributed by atoms with E-state index in [4.69, 9.17) is 14.2 Å². The Morgan fingerprint density at radius 3 is 2.59 bits per heavy atom. The molecule has 10 heteroatoms. The van der Waals surface area contributed by atoms with E-state index < -0.39 is 11.6 Å². The fourth-order valence-electron chi connectivity index (χ4n) is 5.79. The monoisotopic (exact) mass is 509 g/mol. The van der Waals surface area contributed by atoms with Crippen molar-refractivity contribution >= 4 is 11.9 Å². The Balaban J connectivity index is 1.26. The maximum absolute atomic E-state index is 13.1. The molecule has 2 fully saturated rings. The van der Waals surface area contributed by atoms with Crippen LogP contribution in [0, 0.1) is 5.92 Å². The first-order valence-corrected chi connectivity index (χ1v) is 13.1. The standard InChI is InChI=1S/C27H35N5O5/c1-31(15-16-32-13-5-4-6-14-32)24(33)18-9-11-27(12-10-18)20-7-8-21(29-22(20)25(34)37-27)19-17-28-26(36-3)30-23(19)35-2/h7-8,17-18H,4-6,9-16H2,1-3H3. The Morgan fingerprint density at radius 2 is 1.89 bits per heavy atom. The number of piperidine rings is 1. The van der Waals surface area contributed by atoms with Gasteiger partial charge in [0.25, 0.3) is 0 Å². The molecule has 198 valence electrons. The van der Waals surface area contributed by atoms with E-state index >= 15 is 0 Å². The number of aromatic nitrogens is 3. The van der Waals surface area contributed by atoms with Crippen LogP contribution in [-0.4, -0.2) is 84.1 Å². The van der Waals surface area contributed by atoms with Gasteiger partial charge >= 0.3 is 12.0 Å². The van der Waals surface area contributed by atoms with Crippen LogP contribution in [0.15, 0.2) is 18.3 Å². The Hall–Kier alpha value is -3.27. The number of fused-ring (bicyclic) bond motifs is 2. The number of likely N-dealkylation sites (N-methyl/N-ethyl adjacent to an activating group) is 1. The molecule has 0 radical (unpaired) electrons. The van der Waals surface area contributed by atoms with Crippen molar-refractivity contribution in [2.75, 3.05) is 47.4 Å². The van der Waals surface area contributed by atoms with Crippen LogP contribution in [0.25, 0.3) is 11.3 Å². The zero-order valence-electron chi connectivity index (χ0n) is 21.9. The lowest BCUT2D eigenvalue weighted by molar-refractivity contribution is -0.137. The number of esters is 1. The predicted molar refractivity (Wildman–Crippen MR) is 135 cm³/mol. The van der Waals surface area contributed by atoms with Gasteiger partial charge in [-0.05, 0) is 57.7 Å². The topological polar surface area (TPSA) is 107 Å². The Kier molecular flexibility index (Phi) is 7.28. The lowest BCUT2D eigenvalue weighted by Crippen LogP contribution is -2.43. The summed E-state index contributed by atoms with van der Waals surface area (Å²) in [6.07, 6.45) is 7.96. The van der Waals surface area contributed by atoms with Crippen LogP contribution in [0.5, 0.6) is 11.9 Å². The average molecular weight is 510 g/mol. The molecule has 5 rings (SSSR count). The second-order valence-electron chi connectivity index (χ2n) is 10.2. The second-order valence-corrected chi connectivity index (χ2v) is 10.2. The van der Waals surface area contributed by atoms with Crippen LogP contribution < -0.4 is 9.47 Å². The minimum atomic E-state index is -0.721. The smallest absolute Gasteiger partial charge is 0.358 e. The van der Waals surface area contributed by atoms with Crippen molar-refractivity contribution in [1.82, 2.24) is 24.8 Å². The number of carbonyl (C=O) groups excluding carboxylic acids is 2. The van der Waals surface area contributed by atoms with E-state index in [1.54, 1.807) is 6.20 Å². The summed E-state index contributed by atoms with van der Waals surface area (Å²) in [6.45, 7) is 3.95. The number of methoxy groups -OCH3 is 2. The van der Waals surface area contributed by atoms with Crippen molar-refractivity contribution in [1.29, 1.82) is 0 Å². The van der Waals surface area contributed by atoms with E-state index in [0.29, 0.717) is 48.5 Å². The predicted octanol–water partition coefficient (Wildman–Crippen LogP) is 3.06. The highest BCUT2D eigenvalue weighted by atomic mass is 16.6. The SMILES string of the molecule is COc1ncc(-c2ccc3c(n2)C(=O)OC32CCC(C(=O)N(C)CCN3CCCCC3)CC2)c(OC)n1. The average Bonchev–Trinajstić information content (AvgIpc) is 3.21. The number of pyridine rings is 1. The molecule has 0 aromatic carbocycles. The molecule has 1 amide bonds. The number of carbonyl (C=O) groups is 2. The molecule has 1 spiro atoms. The molecule has 2 aromatic heterocycles. The molecule has 10 nitrogen and oxygen atoms in total. The normalized spacial score (nSPS) is 23.4. The summed E-state index contributed by atoms with van der Waals surface area (Å²) in [5.74, 6) is 0.0154. The summed E-state index contributed by atoms with van der Waals surface area (Å²) < 4.78 is 16.4. The van der Waals surface area contributed by atoms with Gasteiger partial charge in [-0.25, -0.2) is 14.8 Å². The van der Waals surface area contributed by atoms with Gasteiger partial charge in [0.2, 0.25) is 11.8 Å². The number of nitrogens with zero attached hydrogens (tertiary/aromatic N) is 5. The van der Waals surface area contributed by atoms with Gasteiger partial charge in [0.05, 0.1) is 25.5 Å². The summed E-state index contributed by atoms with van der Waals surface area (Å²) >= 11 is 0. The van der Waals surface area contributed by atoms with E-state index in [1.165, 1.54) is 33.5 Å². The lowest BCUT2D eigenvalue weighted by Gasteiger charge is -2.37. The van der Waals surface area contributed by atoms with E-state index in [-0.39, 0.29) is 17.8 Å². The van der Waals surface area contributed by atoms with Crippen molar-refractivity contribution in [3.63, 3.8) is 0 Å². The summed E-state index contributed by atoms with van der Waals surface area (Å²) in [7, 11) is 4.89. The Bertz CT molecular complexity index is 1160. The van der Waals surface area contributed by atoms with Crippen molar-refractivity contribution < 1.29 is 23.8 Å². The highest BCUT2D eigenvalue weighted by Crippen LogP contribution is 2.48. The fraction of sp³-hybridized carbons (Fsp3) is 0.593. The molecule has 1 saturated heterocycles. The number of amides is 1. The summed E-state index contributed by atoms with van der Waals surface area (Å²) in [5, 5.41) is 0. The van der Waals surface area contributed by atoms with Crippen LogP contribution in [-0.2, 0) is 15.1 Å². The minimum Gasteiger partial charge on any atom is -0.480 e. The lowest BCUT2D eigenvalue weighted by atomic mass is 9.75. The highest BCUT2D eigenvalue weighted by molar-refractivity contribution is 5.93. The molecule has 37 heavy (non-hydrogen) atoms. The largest absolute Gasteiger partial charge is 0.480 e. The molecule has 0 atom stereocenters. The van der Waals surface area contributed by atoms with Gasteiger partial charge in [-0.1, -0.05) is 12.5 Å². The van der Waals surface area contributed by atoms with Gasteiger partial charge in [0.1, 0.15) is 5.60 Å². The van der Waals surface area contributed by atoms with E-state index in [1.807, 2.05) is 24.1 Å². The highest BCUT2D eigenvalue weighted by Gasteiger charge is 2.49. The third-order valence-corrected chi connectivity index (χ3v) is 7.97. The number of hydrogen-bond acceptors (Lipinski definition) is 9. The minimum absolute atomic E-state index is 0.0484. The zero-order valence-corrected chi connectivity index (χ0v) is 21.9. The Labute approximate surface area is 217 Å². The van der Waals surface area contributed by atoms with E-state index in [2.05, 4.69) is 19.9 Å². The van der Waals surface area contributed by atoms with Gasteiger partial charge in [0.15, 0.2) is 5.69 Å². The van der Waals surface area contributed by atoms with Crippen molar-refractivity contribution in [3.05, 3.63) is 29.6 Å². The van der Waals surface area contributed by atoms with Crippen molar-refractivity contribution in [2.24, 2.45) is 5.92 Å². The van der Waals surface area contributed by atoms with Crippen molar-refractivity contribution in [2.45, 2.75) is 50.5 Å². The number of ether oxygens (including phenoxy) is 3. The maximum atomic E-state index is 13.1. The molecule has 0 unspecified atom stereocenters. The first kappa shape index (κ1) is 25.4. The first-order chi connectivity index (χ1) is 17.9. The molecule has 3 aliphatic rings. The van der Waals surface area contributed by atoms with Crippen LogP contribution in [0.4, 0.5) is 0 Å². The number of hydrogen-bond donors (Lipinski definition) is 0. The van der Waals surface area contributed by atoms with Gasteiger partial charge in [-0.2, -0.15) is 4.98 Å². The number of rotatable bonds is 7. The fourth-order valence-corrected chi connectivity index (χ4v) is 5.79. The van der Waals surface area contributed by atoms with Crippen LogP contribution in [0.3, 0.4) is 0 Å². The van der Waals surface area contributed by atoms with Crippen LogP contribution >= 0.6 is 0 Å². The maximum Gasteiger partial charge on any atom is 0.358 e. The van der Waals surface area contributed by atoms with Gasteiger partial charge < -0.3 is 24.0 Å². The molecular weight excluding hydrogens is 474 g/mol. The number of likely N-dealkylation sites (tertiary alicyclic amines) is 1. The molecule has 2 aliphatic heterocycles. The quantitative estimate of drug-likeness (QED) is 0.521. The Morgan fingerprint density at radius 1 is 1.14 bits per heavy atom. The summed E-state index contributed by atoms with van der Waals surface area (Å²) in [5.41, 5.74) is 1.45. The molecule has 1 aliphatic carbocycles. The summed E-state index contributed by atoms with van der Waals surface area (Å²) in [6, 6.07) is 3.92. The molecule has 4 heterocycles. The van der Waals surface area contributed by atoms with Crippen LogP contribution in [0.2, 0.25) is 0 Å². The van der Waals surface area contributed by atoms with Gasteiger partial charge in [-0.15, -0.1) is 0 Å². The van der Waals surface area contributed by atoms with Gasteiger partial charge in [0, 0.05) is 37.8 Å². The zero-order chi connectivity index (χ0) is 26.0. The molecule has 0 bridgehead atoms. The molecular formula is C27H35N5O5. The molecule has 2 aromatic rings. The van der Waals surface area contributed by atoms with Crippen LogP contribution in [0.1, 0.15) is 61.0 Å².